The van der Waals surface area contributed by atoms with Crippen LogP contribution >= 0.6 is 14.3 Å². The van der Waals surface area contributed by atoms with Crippen molar-refractivity contribution in [2.45, 2.75) is 0 Å². The summed E-state index contributed by atoms with van der Waals surface area (Å²) in [7, 11) is -7.97. The van der Waals surface area contributed by atoms with E-state index in [2.05, 4.69) is 162 Å². The molecule has 1 atom stereocenters. The molecule has 1 heterocycles. The van der Waals surface area contributed by atoms with E-state index in [1.807, 2.05) is 104 Å². The van der Waals surface area contributed by atoms with E-state index in [9.17, 15) is 9.13 Å². The van der Waals surface area contributed by atoms with E-state index < -0.39 is 22.4 Å². The van der Waals surface area contributed by atoms with Gasteiger partial charge < -0.3 is 13.7 Å². The van der Waals surface area contributed by atoms with Gasteiger partial charge in [0.15, 0.2) is 8.07 Å². The smallest absolute Gasteiger partial charge is 0.179 e. The second-order valence-electron chi connectivity index (χ2n) is 15.8. The molecular weight excluding hydrogens is 809 g/mol. The largest absolute Gasteiger partial charge is 0.314 e. The zero-order valence-corrected chi connectivity index (χ0v) is 37.6. The summed E-state index contributed by atoms with van der Waals surface area (Å²) in [5.41, 5.74) is 3.34. The molecule has 302 valence electrons. The van der Waals surface area contributed by atoms with Crippen LogP contribution in [-0.4, -0.2) is 26.0 Å². The summed E-state index contributed by atoms with van der Waals surface area (Å²) >= 11 is 0. The lowest BCUT2D eigenvalue weighted by Crippen LogP contribution is -2.74. The predicted molar refractivity (Wildman–Crippen MR) is 269 cm³/mol. The van der Waals surface area contributed by atoms with Gasteiger partial charge in [-0.05, 0) is 70.5 Å². The number of fused-ring (bicyclic) bond motifs is 3. The van der Waals surface area contributed by atoms with Crippen LogP contribution in [0.15, 0.2) is 249 Å². The molecule has 1 unspecified atom stereocenters. The summed E-state index contributed by atoms with van der Waals surface area (Å²) in [5, 5.41) is 11.2. The maximum atomic E-state index is 14.5. The first-order valence-corrected chi connectivity index (χ1v) is 27.2. The Labute approximate surface area is 365 Å². The molecule has 0 N–H and O–H groups in total. The number of para-hydroxylation sites is 1. The molecule has 10 rings (SSSR count). The van der Waals surface area contributed by atoms with Crippen molar-refractivity contribution in [2.24, 2.45) is 0 Å². The van der Waals surface area contributed by atoms with Crippen molar-refractivity contribution in [3.05, 3.63) is 249 Å². The Balaban J connectivity index is 0.000000276. The molecular formula is C56H47NO2P2Si. The van der Waals surface area contributed by atoms with Gasteiger partial charge in [-0.15, -0.1) is 0 Å². The van der Waals surface area contributed by atoms with E-state index in [0.29, 0.717) is 0 Å². The average Bonchev–Trinajstić information content (AvgIpc) is 3.67. The van der Waals surface area contributed by atoms with Crippen molar-refractivity contribution in [3.63, 3.8) is 0 Å². The molecule has 1 aromatic heterocycles. The van der Waals surface area contributed by atoms with E-state index >= 15 is 0 Å². The molecule has 0 saturated heterocycles. The van der Waals surface area contributed by atoms with Crippen molar-refractivity contribution in [1.29, 1.82) is 0 Å². The van der Waals surface area contributed by atoms with Gasteiger partial charge >= 0.3 is 0 Å². The SMILES string of the molecule is CP(=O)(c1ccccc1)c1ccc2c(c1)c1cc([Si](c3ccccc3)(c3ccccc3)c3ccccc3)ccc1n2-c1ccccc1.CP(=O)(c1ccccc1)c1ccccc1. The highest BCUT2D eigenvalue weighted by Gasteiger charge is 2.41. The summed E-state index contributed by atoms with van der Waals surface area (Å²) in [6, 6.07) is 86.3. The van der Waals surface area contributed by atoms with Crippen molar-refractivity contribution >= 4 is 86.1 Å². The summed E-state index contributed by atoms with van der Waals surface area (Å²) in [6.45, 7) is 3.71. The topological polar surface area (TPSA) is 39.1 Å². The van der Waals surface area contributed by atoms with Crippen LogP contribution in [0.1, 0.15) is 0 Å². The summed E-state index contributed by atoms with van der Waals surface area (Å²) in [6.07, 6.45) is 0. The number of benzene rings is 9. The summed E-state index contributed by atoms with van der Waals surface area (Å²) in [4.78, 5) is 0. The molecule has 3 nitrogen and oxygen atoms in total. The zero-order chi connectivity index (χ0) is 42.6. The van der Waals surface area contributed by atoms with Crippen LogP contribution in [0, 0.1) is 0 Å². The first-order chi connectivity index (χ1) is 30.3. The van der Waals surface area contributed by atoms with Gasteiger partial charge in [0.1, 0.15) is 14.3 Å². The minimum absolute atomic E-state index is 0.867. The summed E-state index contributed by atoms with van der Waals surface area (Å²) < 4.78 is 29.4. The second-order valence-corrected chi connectivity index (χ2v) is 25.4. The number of hydrogen-bond donors (Lipinski definition) is 0. The van der Waals surface area contributed by atoms with Crippen LogP contribution in [0.2, 0.25) is 0 Å². The number of hydrogen-bond acceptors (Lipinski definition) is 2. The fraction of sp³-hybridized carbons (Fsp3) is 0.0357. The minimum Gasteiger partial charge on any atom is -0.314 e. The number of nitrogens with zero attached hydrogens (tertiary/aromatic N) is 1. The third kappa shape index (κ3) is 7.56. The monoisotopic (exact) mass is 855 g/mol. The van der Waals surface area contributed by atoms with Gasteiger partial charge in [-0.2, -0.15) is 0 Å². The lowest BCUT2D eigenvalue weighted by atomic mass is 10.1. The van der Waals surface area contributed by atoms with Gasteiger partial charge in [0.05, 0.1) is 11.0 Å². The van der Waals surface area contributed by atoms with Gasteiger partial charge in [0.25, 0.3) is 0 Å². The van der Waals surface area contributed by atoms with Gasteiger partial charge in [0.2, 0.25) is 0 Å². The molecule has 10 aromatic rings. The maximum Gasteiger partial charge on any atom is 0.179 e. The first kappa shape index (κ1) is 40.8. The van der Waals surface area contributed by atoms with Crippen LogP contribution in [0.5, 0.6) is 0 Å². The molecule has 6 heteroatoms. The van der Waals surface area contributed by atoms with Gasteiger partial charge in [-0.3, -0.25) is 0 Å². The molecule has 0 aliphatic rings. The minimum atomic E-state index is -2.83. The lowest BCUT2D eigenvalue weighted by Gasteiger charge is -2.34. The molecule has 0 aliphatic carbocycles. The molecule has 0 saturated carbocycles. The molecule has 0 spiro atoms. The lowest BCUT2D eigenvalue weighted by molar-refractivity contribution is 0.589. The van der Waals surface area contributed by atoms with E-state index in [4.69, 9.17) is 0 Å². The van der Waals surface area contributed by atoms with Gasteiger partial charge in [-0.1, -0.05) is 212 Å². The Bertz CT molecular complexity index is 3040. The molecule has 0 aliphatic heterocycles. The third-order valence-corrected chi connectivity index (χ3v) is 21.9. The molecule has 62 heavy (non-hydrogen) atoms. The highest BCUT2D eigenvalue weighted by atomic mass is 31.2. The summed E-state index contributed by atoms with van der Waals surface area (Å²) in [5.74, 6) is 0. The second kappa shape index (κ2) is 17.4. The fourth-order valence-electron chi connectivity index (χ4n) is 8.87. The maximum absolute atomic E-state index is 14.5. The normalized spacial score (nSPS) is 12.6. The predicted octanol–water partition coefficient (Wildman–Crippen LogP) is 9.74. The highest BCUT2D eigenvalue weighted by molar-refractivity contribution is 7.78. The standard InChI is InChI=1S/C43H34NOPSi.C13H13OP/c1-46(45,34-19-9-3-10-20-34)35-27-29-42-40(31-35)41-32-39(28-30-43(41)44(42)33-17-7-2-8-18-33)47(36-21-11-4-12-22-36,37-23-13-5-14-24-37)38-25-15-6-16-26-38;1-15(14,12-8-4-2-5-9-12)13-10-6-3-7-11-13/h2-32H,1H3;2-11H,1H3. The first-order valence-electron chi connectivity index (χ1n) is 20.9. The number of rotatable bonds is 9. The van der Waals surface area contributed by atoms with E-state index in [-0.39, 0.29) is 0 Å². The van der Waals surface area contributed by atoms with Crippen molar-refractivity contribution in [2.75, 3.05) is 13.3 Å². The molecule has 0 fully saturated rings. The quantitative estimate of drug-likeness (QED) is 0.0825. The van der Waals surface area contributed by atoms with Crippen LogP contribution in [0.3, 0.4) is 0 Å². The van der Waals surface area contributed by atoms with Crippen LogP contribution in [-0.2, 0) is 9.13 Å². The number of aromatic nitrogens is 1. The van der Waals surface area contributed by atoms with Gasteiger partial charge in [-0.25, -0.2) is 0 Å². The van der Waals surface area contributed by atoms with E-state index in [1.165, 1.54) is 20.7 Å². The average molecular weight is 856 g/mol. The Morgan fingerprint density at radius 3 is 1.05 bits per heavy atom. The van der Waals surface area contributed by atoms with Crippen molar-refractivity contribution < 1.29 is 9.13 Å². The molecule has 0 amide bonds. The Kier molecular flexibility index (Phi) is 11.5. The van der Waals surface area contributed by atoms with Gasteiger partial charge in [0, 0.05) is 37.7 Å². The fourth-order valence-corrected chi connectivity index (χ4v) is 17.2. The third-order valence-electron chi connectivity index (χ3n) is 12.1. The van der Waals surface area contributed by atoms with E-state index in [1.54, 1.807) is 0 Å². The molecule has 9 aromatic carbocycles. The highest BCUT2D eigenvalue weighted by Crippen LogP contribution is 2.41. The van der Waals surface area contributed by atoms with Crippen LogP contribution < -0.4 is 42.0 Å². The molecule has 0 radical (unpaired) electrons. The Morgan fingerprint density at radius 1 is 0.323 bits per heavy atom. The van der Waals surface area contributed by atoms with Crippen molar-refractivity contribution in [1.82, 2.24) is 4.57 Å². The Morgan fingerprint density at radius 2 is 0.645 bits per heavy atom. The van der Waals surface area contributed by atoms with Crippen LogP contribution in [0.25, 0.3) is 27.5 Å². The van der Waals surface area contributed by atoms with Crippen molar-refractivity contribution in [3.8, 4) is 5.69 Å². The van der Waals surface area contributed by atoms with E-state index in [0.717, 1.165) is 48.7 Å². The zero-order valence-electron chi connectivity index (χ0n) is 34.8. The Hall–Kier alpha value is -6.54. The molecule has 0 bridgehead atoms. The van der Waals surface area contributed by atoms with Crippen LogP contribution in [0.4, 0.5) is 0 Å².